The fourth-order valence-corrected chi connectivity index (χ4v) is 6.07. The van der Waals surface area contributed by atoms with E-state index in [1.165, 1.54) is 17.1 Å². The Bertz CT molecular complexity index is 1180. The highest BCUT2D eigenvalue weighted by Gasteiger charge is 2.29. The minimum Gasteiger partial charge on any atom is -0.382 e. The Morgan fingerprint density at radius 3 is 2.41 bits per heavy atom. The van der Waals surface area contributed by atoms with Crippen LogP contribution in [0.3, 0.4) is 0 Å². The van der Waals surface area contributed by atoms with Crippen LogP contribution in [0.4, 0.5) is 0 Å². The summed E-state index contributed by atoms with van der Waals surface area (Å²) in [7, 11) is -1.71. The van der Waals surface area contributed by atoms with Crippen molar-refractivity contribution in [3.05, 3.63) is 76.8 Å². The molecule has 0 spiro atoms. The largest absolute Gasteiger partial charge is 0.382 e. The molecular formula is C22H23ClN4OSi. The first-order valence-corrected chi connectivity index (χ1v) is 13.4. The molecule has 0 saturated carbocycles. The lowest BCUT2D eigenvalue weighted by molar-refractivity contribution is 0.217. The Kier molecular flexibility index (Phi) is 5.02. The van der Waals surface area contributed by atoms with Gasteiger partial charge in [0.1, 0.15) is 19.3 Å². The number of hydrogen-bond acceptors (Lipinski definition) is 4. The third-order valence-corrected chi connectivity index (χ3v) is 7.18. The number of nitrogens with zero attached hydrogens (tertiary/aromatic N) is 4. The smallest absolute Gasteiger partial charge is 0.147 e. The zero-order valence-corrected chi connectivity index (χ0v) is 18.6. The van der Waals surface area contributed by atoms with Crippen LogP contribution in [0, 0.1) is 6.92 Å². The molecule has 1 N–H and O–H groups in total. The van der Waals surface area contributed by atoms with Gasteiger partial charge in [-0.2, -0.15) is 5.10 Å². The third kappa shape index (κ3) is 3.59. The van der Waals surface area contributed by atoms with Gasteiger partial charge in [-0.05, 0) is 18.6 Å². The number of fused-ring (bicyclic) bond motifs is 1. The van der Waals surface area contributed by atoms with E-state index in [0.717, 1.165) is 16.8 Å². The lowest BCUT2D eigenvalue weighted by Crippen LogP contribution is -2.44. The second-order valence-electron chi connectivity index (χ2n) is 8.21. The van der Waals surface area contributed by atoms with Gasteiger partial charge in [0.05, 0.1) is 29.3 Å². The molecule has 0 radical (unpaired) electrons. The highest BCUT2D eigenvalue weighted by molar-refractivity contribution is 6.88. The van der Waals surface area contributed by atoms with Gasteiger partial charge in [0, 0.05) is 16.4 Å². The van der Waals surface area contributed by atoms with Crippen LogP contribution in [0.25, 0.3) is 16.8 Å². The maximum atomic E-state index is 11.3. The highest BCUT2D eigenvalue weighted by Crippen LogP contribution is 2.34. The predicted molar refractivity (Wildman–Crippen MR) is 119 cm³/mol. The number of halogens is 1. The lowest BCUT2D eigenvalue weighted by atomic mass is 10.0. The second kappa shape index (κ2) is 7.37. The van der Waals surface area contributed by atoms with E-state index in [0.29, 0.717) is 11.3 Å². The average Bonchev–Trinajstić information content (AvgIpc) is 3.06. The fourth-order valence-electron chi connectivity index (χ4n) is 3.85. The van der Waals surface area contributed by atoms with Gasteiger partial charge in [-0.3, -0.25) is 4.98 Å². The van der Waals surface area contributed by atoms with Gasteiger partial charge < -0.3 is 5.11 Å². The van der Waals surface area contributed by atoms with Gasteiger partial charge in [-0.15, -0.1) is 0 Å². The van der Waals surface area contributed by atoms with Crippen LogP contribution in [0.15, 0.2) is 54.9 Å². The van der Waals surface area contributed by atoms with Crippen LogP contribution >= 0.6 is 11.6 Å². The van der Waals surface area contributed by atoms with E-state index >= 15 is 0 Å². The van der Waals surface area contributed by atoms with Crippen molar-refractivity contribution in [2.24, 2.45) is 0 Å². The first kappa shape index (κ1) is 19.8. The molecular weight excluding hydrogens is 400 g/mol. The van der Waals surface area contributed by atoms with Gasteiger partial charge in [0.15, 0.2) is 0 Å². The van der Waals surface area contributed by atoms with Crippen LogP contribution in [0.5, 0.6) is 0 Å². The van der Waals surface area contributed by atoms with Crippen molar-refractivity contribution in [3.63, 3.8) is 0 Å². The third-order valence-electron chi connectivity index (χ3n) is 4.97. The Morgan fingerprint density at radius 2 is 1.76 bits per heavy atom. The SMILES string of the molecule is Cc1ccc2c(C(O)c3cncc(Cl)n3)c(-c3ccccc3)nn2c1[Si](C)(C)C. The number of aryl methyl sites for hydroxylation is 1. The fraction of sp³-hybridized carbons (Fsp3) is 0.227. The molecule has 1 unspecified atom stereocenters. The van der Waals surface area contributed by atoms with Crippen LogP contribution in [-0.4, -0.2) is 32.8 Å². The number of aliphatic hydroxyl groups is 1. The van der Waals surface area contributed by atoms with E-state index in [2.05, 4.69) is 42.6 Å². The number of rotatable bonds is 4. The quantitative estimate of drug-likeness (QED) is 0.495. The van der Waals surface area contributed by atoms with Crippen molar-refractivity contribution in [2.75, 3.05) is 0 Å². The van der Waals surface area contributed by atoms with Crippen LogP contribution in [0.1, 0.15) is 22.9 Å². The molecule has 4 rings (SSSR count). The molecule has 0 saturated heterocycles. The summed E-state index contributed by atoms with van der Waals surface area (Å²) in [5, 5.41) is 17.8. The van der Waals surface area contributed by atoms with Crippen molar-refractivity contribution < 1.29 is 5.11 Å². The molecule has 0 aliphatic rings. The van der Waals surface area contributed by atoms with Crippen molar-refractivity contribution >= 4 is 30.5 Å². The minimum absolute atomic E-state index is 0.248. The Hall–Kier alpha value is -2.54. The number of pyridine rings is 1. The average molecular weight is 423 g/mol. The molecule has 1 aromatic carbocycles. The van der Waals surface area contributed by atoms with Crippen LogP contribution in [0.2, 0.25) is 24.8 Å². The molecule has 3 heterocycles. The molecule has 148 valence electrons. The molecule has 4 aromatic rings. The molecule has 0 bridgehead atoms. The van der Waals surface area contributed by atoms with Crippen molar-refractivity contribution in [2.45, 2.75) is 32.7 Å². The van der Waals surface area contributed by atoms with E-state index in [1.54, 1.807) is 6.20 Å². The summed E-state index contributed by atoms with van der Waals surface area (Å²) in [5.74, 6) is 0. The van der Waals surface area contributed by atoms with Crippen molar-refractivity contribution in [1.82, 2.24) is 19.6 Å². The van der Waals surface area contributed by atoms with Gasteiger partial charge >= 0.3 is 0 Å². The topological polar surface area (TPSA) is 63.3 Å². The zero-order chi connectivity index (χ0) is 20.8. The second-order valence-corrected chi connectivity index (χ2v) is 13.6. The minimum atomic E-state index is -1.71. The van der Waals surface area contributed by atoms with Crippen LogP contribution < -0.4 is 5.32 Å². The van der Waals surface area contributed by atoms with Crippen molar-refractivity contribution in [3.8, 4) is 11.3 Å². The van der Waals surface area contributed by atoms with E-state index in [1.807, 2.05) is 40.9 Å². The van der Waals surface area contributed by atoms with Gasteiger partial charge in [0.25, 0.3) is 0 Å². The molecule has 0 fully saturated rings. The zero-order valence-electron chi connectivity index (χ0n) is 16.9. The Morgan fingerprint density at radius 1 is 1.03 bits per heavy atom. The predicted octanol–water partition coefficient (Wildman–Crippen LogP) is 4.38. The van der Waals surface area contributed by atoms with E-state index in [4.69, 9.17) is 16.7 Å². The summed E-state index contributed by atoms with van der Waals surface area (Å²) in [4.78, 5) is 8.38. The molecule has 0 aliphatic carbocycles. The summed E-state index contributed by atoms with van der Waals surface area (Å²) in [6.07, 6.45) is 2.01. The summed E-state index contributed by atoms with van der Waals surface area (Å²) in [6, 6.07) is 14.0. The lowest BCUT2D eigenvalue weighted by Gasteiger charge is -2.21. The maximum Gasteiger partial charge on any atom is 0.147 e. The number of hydrogen-bond donors (Lipinski definition) is 1. The number of aliphatic hydroxyl groups excluding tert-OH is 1. The van der Waals surface area contributed by atoms with E-state index in [-0.39, 0.29) is 5.15 Å². The van der Waals surface area contributed by atoms with Gasteiger partial charge in [0.2, 0.25) is 0 Å². The first-order chi connectivity index (χ1) is 13.8. The molecule has 0 amide bonds. The van der Waals surface area contributed by atoms with Crippen molar-refractivity contribution in [1.29, 1.82) is 0 Å². The monoisotopic (exact) mass is 422 g/mol. The first-order valence-electron chi connectivity index (χ1n) is 9.51. The maximum absolute atomic E-state index is 11.3. The molecule has 1 atom stereocenters. The van der Waals surface area contributed by atoms with Gasteiger partial charge in [-0.1, -0.05) is 67.6 Å². The van der Waals surface area contributed by atoms with Crippen LogP contribution in [-0.2, 0) is 0 Å². The molecule has 3 aromatic heterocycles. The normalized spacial score (nSPS) is 13.0. The standard InChI is InChI=1S/C22H23ClN4OSi/c1-14-10-11-17-19(21(28)16-12-24-13-18(23)25-16)20(15-8-6-5-7-9-15)26-27(17)22(14)29(2,3)4/h5-13,21,28H,1-4H3. The molecule has 7 heteroatoms. The summed E-state index contributed by atoms with van der Waals surface area (Å²) >= 11 is 6.03. The summed E-state index contributed by atoms with van der Waals surface area (Å²) in [6.45, 7) is 9.03. The Labute approximate surface area is 176 Å². The highest BCUT2D eigenvalue weighted by atomic mass is 35.5. The molecule has 0 aliphatic heterocycles. The summed E-state index contributed by atoms with van der Waals surface area (Å²) < 4.78 is 2.01. The van der Waals surface area contributed by atoms with E-state index < -0.39 is 14.2 Å². The number of benzene rings is 1. The molecule has 5 nitrogen and oxygen atoms in total. The Balaban J connectivity index is 2.06. The summed E-state index contributed by atoms with van der Waals surface area (Å²) in [5.41, 5.74) is 4.89. The number of aromatic nitrogens is 4. The van der Waals surface area contributed by atoms with E-state index in [9.17, 15) is 5.11 Å². The molecule has 29 heavy (non-hydrogen) atoms. The van der Waals surface area contributed by atoms with Gasteiger partial charge in [-0.25, -0.2) is 9.50 Å².